The van der Waals surface area contributed by atoms with E-state index in [0.717, 1.165) is 11.5 Å². The lowest BCUT2D eigenvalue weighted by Crippen LogP contribution is -2.56. The molecule has 0 aromatic heterocycles. The summed E-state index contributed by atoms with van der Waals surface area (Å²) < 4.78 is 12.5. The van der Waals surface area contributed by atoms with Gasteiger partial charge in [0.1, 0.15) is 0 Å². The van der Waals surface area contributed by atoms with Crippen molar-refractivity contribution in [3.8, 4) is 0 Å². The Kier molecular flexibility index (Phi) is 2.45. The van der Waals surface area contributed by atoms with E-state index in [9.17, 15) is 0 Å². The van der Waals surface area contributed by atoms with Crippen molar-refractivity contribution in [2.24, 2.45) is 11.8 Å². The maximum absolute atomic E-state index is 6.39. The molecule has 2 bridgehead atoms. The van der Waals surface area contributed by atoms with Gasteiger partial charge in [-0.05, 0) is 50.6 Å². The standard InChI is InChI=1S/C14H22O2Si/c1-10-9-15-17(4,16-14(10,2)3)13-8-11-5-6-12(13)7-11/h5-6,11-13H,1,7-9H2,2-4H3. The first-order chi connectivity index (χ1) is 7.91. The van der Waals surface area contributed by atoms with Crippen LogP contribution in [0.4, 0.5) is 0 Å². The Hall–Kier alpha value is -0.383. The minimum atomic E-state index is -2.05. The molecule has 3 aliphatic rings. The first-order valence-electron chi connectivity index (χ1n) is 6.61. The molecule has 1 heterocycles. The predicted molar refractivity (Wildman–Crippen MR) is 71.0 cm³/mol. The Bertz CT molecular complexity index is 388. The van der Waals surface area contributed by atoms with Gasteiger partial charge in [0.25, 0.3) is 0 Å². The highest BCUT2D eigenvalue weighted by Gasteiger charge is 2.55. The average Bonchev–Trinajstić information content (AvgIpc) is 2.85. The molecule has 2 fully saturated rings. The second-order valence-electron chi connectivity index (χ2n) is 6.41. The molecule has 2 nitrogen and oxygen atoms in total. The van der Waals surface area contributed by atoms with Gasteiger partial charge in [-0.3, -0.25) is 0 Å². The number of fused-ring (bicyclic) bond motifs is 2. The summed E-state index contributed by atoms with van der Waals surface area (Å²) in [7, 11) is -2.05. The first kappa shape index (κ1) is 11.7. The molecule has 0 spiro atoms. The molecule has 0 amide bonds. The monoisotopic (exact) mass is 250 g/mol. The van der Waals surface area contributed by atoms with Crippen molar-refractivity contribution in [2.45, 2.75) is 44.4 Å². The third-order valence-corrected chi connectivity index (χ3v) is 8.44. The van der Waals surface area contributed by atoms with Crippen LogP contribution in [0.3, 0.4) is 0 Å². The van der Waals surface area contributed by atoms with Crippen LogP contribution >= 0.6 is 0 Å². The van der Waals surface area contributed by atoms with Gasteiger partial charge in [0.05, 0.1) is 12.2 Å². The predicted octanol–water partition coefficient (Wildman–Crippen LogP) is 3.41. The molecule has 1 saturated carbocycles. The van der Waals surface area contributed by atoms with Gasteiger partial charge < -0.3 is 8.85 Å². The first-order valence-corrected chi connectivity index (χ1v) is 9.01. The molecule has 4 unspecified atom stereocenters. The fraction of sp³-hybridized carbons (Fsp3) is 0.714. The van der Waals surface area contributed by atoms with E-state index >= 15 is 0 Å². The van der Waals surface area contributed by atoms with Gasteiger partial charge >= 0.3 is 8.56 Å². The van der Waals surface area contributed by atoms with Crippen molar-refractivity contribution in [3.05, 3.63) is 24.3 Å². The van der Waals surface area contributed by atoms with Crippen molar-refractivity contribution < 1.29 is 8.85 Å². The summed E-state index contributed by atoms with van der Waals surface area (Å²) in [4.78, 5) is 0. The Balaban J connectivity index is 1.83. The van der Waals surface area contributed by atoms with Crippen LogP contribution in [0, 0.1) is 11.8 Å². The molecule has 1 aliphatic heterocycles. The van der Waals surface area contributed by atoms with Gasteiger partial charge in [0.2, 0.25) is 0 Å². The average molecular weight is 250 g/mol. The maximum Gasteiger partial charge on any atom is 0.339 e. The molecule has 94 valence electrons. The molecule has 0 aromatic rings. The third kappa shape index (κ3) is 1.76. The Morgan fingerprint density at radius 1 is 1.35 bits per heavy atom. The van der Waals surface area contributed by atoms with Gasteiger partial charge in [-0.15, -0.1) is 0 Å². The number of hydrogen-bond acceptors (Lipinski definition) is 2. The van der Waals surface area contributed by atoms with E-state index in [1.54, 1.807) is 0 Å². The smallest absolute Gasteiger partial charge is 0.339 e. The van der Waals surface area contributed by atoms with E-state index in [-0.39, 0.29) is 5.60 Å². The Morgan fingerprint density at radius 3 is 2.65 bits per heavy atom. The zero-order valence-corrected chi connectivity index (χ0v) is 12.0. The third-order valence-electron chi connectivity index (χ3n) is 4.79. The van der Waals surface area contributed by atoms with E-state index in [4.69, 9.17) is 8.85 Å². The fourth-order valence-corrected chi connectivity index (χ4v) is 7.38. The minimum absolute atomic E-state index is 0.204. The lowest BCUT2D eigenvalue weighted by Gasteiger charge is -2.47. The highest BCUT2D eigenvalue weighted by molar-refractivity contribution is 6.68. The van der Waals surface area contributed by atoms with Crippen LogP contribution in [0.15, 0.2) is 24.3 Å². The van der Waals surface area contributed by atoms with Gasteiger partial charge in [-0.25, -0.2) is 0 Å². The second kappa shape index (κ2) is 3.56. The summed E-state index contributed by atoms with van der Waals surface area (Å²) in [6.07, 6.45) is 7.36. The molecule has 4 atom stereocenters. The topological polar surface area (TPSA) is 18.5 Å². The Morgan fingerprint density at radius 2 is 2.12 bits per heavy atom. The van der Waals surface area contributed by atoms with E-state index in [1.807, 2.05) is 0 Å². The lowest BCUT2D eigenvalue weighted by molar-refractivity contribution is 0.0320. The van der Waals surface area contributed by atoms with Crippen molar-refractivity contribution in [1.82, 2.24) is 0 Å². The molecular weight excluding hydrogens is 228 g/mol. The van der Waals surface area contributed by atoms with Crippen molar-refractivity contribution >= 4 is 8.56 Å². The lowest BCUT2D eigenvalue weighted by atomic mass is 10.0. The highest BCUT2D eigenvalue weighted by atomic mass is 28.4. The van der Waals surface area contributed by atoms with Crippen molar-refractivity contribution in [3.63, 3.8) is 0 Å². The molecule has 0 aromatic carbocycles. The van der Waals surface area contributed by atoms with E-state index < -0.39 is 8.56 Å². The van der Waals surface area contributed by atoms with E-state index in [2.05, 4.69) is 39.1 Å². The molecule has 3 heteroatoms. The van der Waals surface area contributed by atoms with Crippen LogP contribution in [-0.4, -0.2) is 20.8 Å². The number of allylic oxidation sites excluding steroid dienone is 2. The van der Waals surface area contributed by atoms with Crippen LogP contribution in [-0.2, 0) is 8.85 Å². The zero-order chi connectivity index (χ0) is 12.3. The summed E-state index contributed by atoms with van der Waals surface area (Å²) in [5.41, 5.74) is 1.51. The van der Waals surface area contributed by atoms with E-state index in [1.165, 1.54) is 12.8 Å². The fourth-order valence-electron chi connectivity index (χ4n) is 3.58. The minimum Gasteiger partial charge on any atom is -0.390 e. The summed E-state index contributed by atoms with van der Waals surface area (Å²) >= 11 is 0. The van der Waals surface area contributed by atoms with Crippen molar-refractivity contribution in [2.75, 3.05) is 6.61 Å². The molecule has 3 rings (SSSR count). The molecule has 17 heavy (non-hydrogen) atoms. The summed E-state index contributed by atoms with van der Waals surface area (Å²) in [5.74, 6) is 1.49. The molecule has 0 N–H and O–H groups in total. The molecule has 1 saturated heterocycles. The van der Waals surface area contributed by atoms with Crippen molar-refractivity contribution in [1.29, 1.82) is 0 Å². The van der Waals surface area contributed by atoms with Crippen LogP contribution in [0.2, 0.25) is 12.1 Å². The number of hydrogen-bond donors (Lipinski definition) is 0. The normalized spacial score (nSPS) is 47.7. The van der Waals surface area contributed by atoms with Gasteiger partial charge in [-0.2, -0.15) is 0 Å². The second-order valence-corrected chi connectivity index (χ2v) is 9.67. The highest BCUT2D eigenvalue weighted by Crippen LogP contribution is 2.54. The summed E-state index contributed by atoms with van der Waals surface area (Å²) in [6.45, 7) is 11.3. The summed E-state index contributed by atoms with van der Waals surface area (Å²) in [6, 6.07) is 0. The molecule has 0 radical (unpaired) electrons. The SMILES string of the molecule is C=C1CO[Si](C)(C2CC3C=CC2C3)OC1(C)C. The number of rotatable bonds is 1. The van der Waals surface area contributed by atoms with Gasteiger partial charge in [-0.1, -0.05) is 18.7 Å². The van der Waals surface area contributed by atoms with E-state index in [0.29, 0.717) is 18.1 Å². The Labute approximate surface area is 105 Å². The maximum atomic E-state index is 6.39. The quantitative estimate of drug-likeness (QED) is 0.524. The van der Waals surface area contributed by atoms with Crippen LogP contribution in [0.25, 0.3) is 0 Å². The zero-order valence-electron chi connectivity index (χ0n) is 11.0. The molecule has 2 aliphatic carbocycles. The molecular formula is C14H22O2Si. The van der Waals surface area contributed by atoms with Crippen LogP contribution in [0.5, 0.6) is 0 Å². The summed E-state index contributed by atoms with van der Waals surface area (Å²) in [5, 5.41) is 0. The largest absolute Gasteiger partial charge is 0.390 e. The van der Waals surface area contributed by atoms with Crippen LogP contribution < -0.4 is 0 Å². The van der Waals surface area contributed by atoms with Gasteiger partial charge in [0.15, 0.2) is 0 Å². The van der Waals surface area contributed by atoms with Gasteiger partial charge in [0, 0.05) is 5.54 Å². The van der Waals surface area contributed by atoms with Crippen LogP contribution in [0.1, 0.15) is 26.7 Å².